The summed E-state index contributed by atoms with van der Waals surface area (Å²) in [5.41, 5.74) is 1.34. The predicted octanol–water partition coefficient (Wildman–Crippen LogP) is 3.10. The molecule has 0 radical (unpaired) electrons. The second-order valence-electron chi connectivity index (χ2n) is 6.60. The summed E-state index contributed by atoms with van der Waals surface area (Å²) in [6, 6.07) is 8.31. The molecule has 1 aromatic rings. The van der Waals surface area contributed by atoms with Crippen molar-refractivity contribution in [2.45, 2.75) is 51.6 Å². The Morgan fingerprint density at radius 3 is 2.61 bits per heavy atom. The van der Waals surface area contributed by atoms with Gasteiger partial charge in [0.15, 0.2) is 12.7 Å². The Kier molecular flexibility index (Phi) is 9.04. The standard InChI is InChI=1S/C21H28N2O5/c1-2-18(28-17-11-7-4-8-12-17)20(25)27-15-19(24)23-21(26)22-14-13-16-9-5-3-6-10-16/h4,7-9,11-12,18H,2-3,5-6,10,13-15H2,1H3,(H2,22,23,24,26)/t18-/m0/s1. The molecule has 0 unspecified atom stereocenters. The molecule has 0 saturated carbocycles. The molecule has 1 atom stereocenters. The minimum atomic E-state index is -0.812. The number of ether oxygens (including phenoxy) is 2. The molecule has 3 amide bonds. The molecule has 1 aliphatic rings. The van der Waals surface area contributed by atoms with Gasteiger partial charge >= 0.3 is 12.0 Å². The number of hydrogen-bond acceptors (Lipinski definition) is 5. The number of imide groups is 1. The smallest absolute Gasteiger partial charge is 0.347 e. The Labute approximate surface area is 165 Å². The van der Waals surface area contributed by atoms with Crippen LogP contribution in [0.4, 0.5) is 4.79 Å². The summed E-state index contributed by atoms with van der Waals surface area (Å²) in [5.74, 6) is -0.786. The molecule has 7 nitrogen and oxygen atoms in total. The SMILES string of the molecule is CC[C@H](Oc1ccccc1)C(=O)OCC(=O)NC(=O)NCCC1=CCCCC1. The van der Waals surface area contributed by atoms with E-state index in [0.717, 1.165) is 19.3 Å². The molecule has 152 valence electrons. The summed E-state index contributed by atoms with van der Waals surface area (Å²) in [6.45, 7) is 1.71. The zero-order valence-electron chi connectivity index (χ0n) is 16.2. The molecule has 0 heterocycles. The van der Waals surface area contributed by atoms with Crippen molar-refractivity contribution in [3.8, 4) is 5.75 Å². The first-order valence-corrected chi connectivity index (χ1v) is 9.72. The second-order valence-corrected chi connectivity index (χ2v) is 6.60. The van der Waals surface area contributed by atoms with Crippen molar-refractivity contribution in [2.24, 2.45) is 0 Å². The number of urea groups is 1. The van der Waals surface area contributed by atoms with Crippen molar-refractivity contribution in [3.05, 3.63) is 42.0 Å². The highest BCUT2D eigenvalue weighted by atomic mass is 16.6. The van der Waals surface area contributed by atoms with E-state index >= 15 is 0 Å². The Morgan fingerprint density at radius 2 is 1.93 bits per heavy atom. The number of para-hydroxylation sites is 1. The van der Waals surface area contributed by atoms with Gasteiger partial charge in [-0.3, -0.25) is 10.1 Å². The highest BCUT2D eigenvalue weighted by molar-refractivity contribution is 5.95. The summed E-state index contributed by atoms with van der Waals surface area (Å²) in [6.07, 6.45) is 7.16. The van der Waals surface area contributed by atoms with Crippen LogP contribution in [0.3, 0.4) is 0 Å². The molecule has 0 spiro atoms. The van der Waals surface area contributed by atoms with Crippen LogP contribution in [0.15, 0.2) is 42.0 Å². The van der Waals surface area contributed by atoms with E-state index in [2.05, 4.69) is 16.7 Å². The van der Waals surface area contributed by atoms with Crippen LogP contribution in [-0.4, -0.2) is 37.2 Å². The number of amides is 3. The van der Waals surface area contributed by atoms with E-state index in [1.54, 1.807) is 31.2 Å². The van der Waals surface area contributed by atoms with Crippen LogP contribution in [0.1, 0.15) is 45.4 Å². The maximum Gasteiger partial charge on any atom is 0.347 e. The lowest BCUT2D eigenvalue weighted by Gasteiger charge is -2.16. The van der Waals surface area contributed by atoms with Gasteiger partial charge in [-0.1, -0.05) is 36.8 Å². The fourth-order valence-corrected chi connectivity index (χ4v) is 2.87. The largest absolute Gasteiger partial charge is 0.479 e. The molecule has 0 aromatic heterocycles. The molecule has 0 aliphatic heterocycles. The number of esters is 1. The van der Waals surface area contributed by atoms with E-state index < -0.39 is 30.6 Å². The Bertz CT molecular complexity index is 687. The van der Waals surface area contributed by atoms with Crippen LogP contribution in [0, 0.1) is 0 Å². The Hall–Kier alpha value is -2.83. The average Bonchev–Trinajstić information content (AvgIpc) is 2.71. The molecule has 7 heteroatoms. The summed E-state index contributed by atoms with van der Waals surface area (Å²) < 4.78 is 10.5. The third-order valence-electron chi connectivity index (χ3n) is 4.37. The van der Waals surface area contributed by atoms with Gasteiger partial charge in [0.25, 0.3) is 5.91 Å². The molecule has 2 N–H and O–H groups in total. The van der Waals surface area contributed by atoms with Gasteiger partial charge in [0.1, 0.15) is 5.75 Å². The number of rotatable bonds is 9. The summed E-state index contributed by atoms with van der Waals surface area (Å²) >= 11 is 0. The minimum absolute atomic E-state index is 0.395. The first-order valence-electron chi connectivity index (χ1n) is 9.72. The fraction of sp³-hybridized carbons (Fsp3) is 0.476. The van der Waals surface area contributed by atoms with Crippen molar-refractivity contribution < 1.29 is 23.9 Å². The normalized spacial score (nSPS) is 14.4. The van der Waals surface area contributed by atoms with Gasteiger partial charge in [-0.25, -0.2) is 9.59 Å². The van der Waals surface area contributed by atoms with Crippen LogP contribution in [-0.2, 0) is 14.3 Å². The van der Waals surface area contributed by atoms with Gasteiger partial charge in [-0.05, 0) is 50.7 Å². The zero-order valence-corrected chi connectivity index (χ0v) is 16.2. The van der Waals surface area contributed by atoms with E-state index in [4.69, 9.17) is 9.47 Å². The highest BCUT2D eigenvalue weighted by Gasteiger charge is 2.21. The van der Waals surface area contributed by atoms with Gasteiger partial charge in [0.05, 0.1) is 0 Å². The topological polar surface area (TPSA) is 93.7 Å². The molecular formula is C21H28N2O5. The first-order chi connectivity index (χ1) is 13.6. The van der Waals surface area contributed by atoms with E-state index in [1.165, 1.54) is 18.4 Å². The summed E-state index contributed by atoms with van der Waals surface area (Å²) in [4.78, 5) is 35.6. The molecule has 2 rings (SSSR count). The minimum Gasteiger partial charge on any atom is -0.479 e. The van der Waals surface area contributed by atoms with Gasteiger partial charge < -0.3 is 14.8 Å². The van der Waals surface area contributed by atoms with Crippen LogP contribution in [0.2, 0.25) is 0 Å². The molecule has 28 heavy (non-hydrogen) atoms. The number of benzene rings is 1. The lowest BCUT2D eigenvalue weighted by Crippen LogP contribution is -2.42. The average molecular weight is 388 g/mol. The molecule has 0 saturated heterocycles. The van der Waals surface area contributed by atoms with Crippen molar-refractivity contribution in [3.63, 3.8) is 0 Å². The summed E-state index contributed by atoms with van der Waals surface area (Å²) in [5, 5.41) is 4.79. The third-order valence-corrected chi connectivity index (χ3v) is 4.37. The van der Waals surface area contributed by atoms with Crippen molar-refractivity contribution in [1.82, 2.24) is 10.6 Å². The van der Waals surface area contributed by atoms with E-state index in [1.807, 2.05) is 6.07 Å². The van der Waals surface area contributed by atoms with E-state index in [9.17, 15) is 14.4 Å². The number of nitrogens with one attached hydrogen (secondary N) is 2. The summed E-state index contributed by atoms with van der Waals surface area (Å²) in [7, 11) is 0. The number of hydrogen-bond donors (Lipinski definition) is 2. The van der Waals surface area contributed by atoms with Crippen LogP contribution < -0.4 is 15.4 Å². The lowest BCUT2D eigenvalue weighted by molar-refractivity contribution is -0.155. The third kappa shape index (κ3) is 7.82. The van der Waals surface area contributed by atoms with Crippen LogP contribution >= 0.6 is 0 Å². The Balaban J connectivity index is 1.65. The van der Waals surface area contributed by atoms with Crippen LogP contribution in [0.5, 0.6) is 5.75 Å². The quantitative estimate of drug-likeness (QED) is 0.501. The lowest BCUT2D eigenvalue weighted by atomic mass is 9.97. The molecular weight excluding hydrogens is 360 g/mol. The van der Waals surface area contributed by atoms with Gasteiger partial charge in [-0.2, -0.15) is 0 Å². The maximum atomic E-state index is 12.1. The second kappa shape index (κ2) is 11.8. The van der Waals surface area contributed by atoms with E-state index in [-0.39, 0.29) is 0 Å². The molecule has 0 bridgehead atoms. The molecule has 0 fully saturated rings. The highest BCUT2D eigenvalue weighted by Crippen LogP contribution is 2.19. The monoisotopic (exact) mass is 388 g/mol. The van der Waals surface area contributed by atoms with Gasteiger partial charge in [0, 0.05) is 6.54 Å². The number of carbonyl (C=O) groups excluding carboxylic acids is 3. The number of allylic oxidation sites excluding steroid dienone is 1. The Morgan fingerprint density at radius 1 is 1.14 bits per heavy atom. The molecule has 1 aromatic carbocycles. The first kappa shape index (κ1) is 21.5. The van der Waals surface area contributed by atoms with Crippen molar-refractivity contribution in [2.75, 3.05) is 13.2 Å². The van der Waals surface area contributed by atoms with Crippen molar-refractivity contribution in [1.29, 1.82) is 0 Å². The predicted molar refractivity (Wildman–Crippen MR) is 105 cm³/mol. The van der Waals surface area contributed by atoms with Gasteiger partial charge in [-0.15, -0.1) is 0 Å². The number of carbonyl (C=O) groups is 3. The van der Waals surface area contributed by atoms with Gasteiger partial charge in [0.2, 0.25) is 0 Å². The van der Waals surface area contributed by atoms with E-state index in [0.29, 0.717) is 18.7 Å². The fourth-order valence-electron chi connectivity index (χ4n) is 2.87. The zero-order chi connectivity index (χ0) is 20.2. The maximum absolute atomic E-state index is 12.1. The molecule has 1 aliphatic carbocycles. The van der Waals surface area contributed by atoms with Crippen molar-refractivity contribution >= 4 is 17.9 Å². The van der Waals surface area contributed by atoms with Crippen LogP contribution in [0.25, 0.3) is 0 Å².